The number of pyridine rings is 1. The fraction of sp³-hybridized carbons (Fsp3) is 0.526. The number of hydrogen-bond donors (Lipinski definition) is 2. The van der Waals surface area contributed by atoms with Gasteiger partial charge in [-0.3, -0.25) is 4.79 Å². The predicted molar refractivity (Wildman–Crippen MR) is 95.7 cm³/mol. The van der Waals surface area contributed by atoms with Gasteiger partial charge in [-0.25, -0.2) is 4.39 Å². The van der Waals surface area contributed by atoms with Gasteiger partial charge in [0.2, 0.25) is 0 Å². The normalized spacial score (nSPS) is 22.4. The van der Waals surface area contributed by atoms with Crippen molar-refractivity contribution >= 4 is 16.6 Å². The van der Waals surface area contributed by atoms with Gasteiger partial charge in [0.25, 0.3) is 0 Å². The Balaban J connectivity index is 1.84. The van der Waals surface area contributed by atoms with Crippen LogP contribution in [-0.4, -0.2) is 47.2 Å². The van der Waals surface area contributed by atoms with Gasteiger partial charge in [0.15, 0.2) is 23.3 Å². The van der Waals surface area contributed by atoms with Gasteiger partial charge in [0, 0.05) is 25.2 Å². The van der Waals surface area contributed by atoms with Crippen LogP contribution in [-0.2, 0) is 4.74 Å². The van der Waals surface area contributed by atoms with Crippen molar-refractivity contribution in [2.24, 2.45) is 0 Å². The number of nitrogens with zero attached hydrogens (tertiary/aromatic N) is 2. The molecule has 7 nitrogen and oxygen atoms in total. The lowest BCUT2D eigenvalue weighted by Gasteiger charge is -2.36. The highest BCUT2D eigenvalue weighted by Crippen LogP contribution is 2.45. The average Bonchev–Trinajstić information content (AvgIpc) is 3.48. The molecule has 0 bridgehead atoms. The van der Waals surface area contributed by atoms with Crippen molar-refractivity contribution in [2.75, 3.05) is 31.3 Å². The first-order valence-electron chi connectivity index (χ1n) is 9.31. The molecule has 27 heavy (non-hydrogen) atoms. The molecule has 144 valence electrons. The molecule has 1 unspecified atom stereocenters. The minimum Gasteiger partial charge on any atom is -0.489 e. The van der Waals surface area contributed by atoms with E-state index in [0.29, 0.717) is 49.7 Å². The van der Waals surface area contributed by atoms with Crippen LogP contribution in [0.15, 0.2) is 17.1 Å². The second kappa shape index (κ2) is 6.19. The van der Waals surface area contributed by atoms with E-state index < -0.39 is 17.5 Å². The van der Waals surface area contributed by atoms with Crippen molar-refractivity contribution < 1.29 is 24.1 Å². The molecule has 2 aromatic rings. The lowest BCUT2D eigenvalue weighted by atomic mass is 10.1. The Bertz CT molecular complexity index is 969. The predicted octanol–water partition coefficient (Wildman–Crippen LogP) is 1.45. The number of benzene rings is 1. The Morgan fingerprint density at radius 3 is 2.74 bits per heavy atom. The minimum absolute atomic E-state index is 0.0339. The molecular formula is C19H21FN2O5. The molecule has 8 heteroatoms. The van der Waals surface area contributed by atoms with Crippen LogP contribution < -0.4 is 15.1 Å². The Labute approximate surface area is 154 Å². The van der Waals surface area contributed by atoms with Crippen LogP contribution in [0.2, 0.25) is 0 Å². The molecule has 5 rings (SSSR count). The number of morpholine rings is 1. The van der Waals surface area contributed by atoms with E-state index >= 15 is 4.39 Å². The number of aliphatic hydroxyl groups is 2. The van der Waals surface area contributed by atoms with Crippen LogP contribution in [0.25, 0.3) is 10.9 Å². The van der Waals surface area contributed by atoms with Crippen LogP contribution in [0.4, 0.5) is 10.1 Å². The molecular weight excluding hydrogens is 355 g/mol. The summed E-state index contributed by atoms with van der Waals surface area (Å²) in [6, 6.07) is 1.39. The summed E-state index contributed by atoms with van der Waals surface area (Å²) in [5.74, 6) is -0.160. The molecule has 1 aliphatic carbocycles. The van der Waals surface area contributed by atoms with Gasteiger partial charge in [-0.15, -0.1) is 0 Å². The van der Waals surface area contributed by atoms with Crippen molar-refractivity contribution in [3.05, 3.63) is 33.9 Å². The maximum Gasteiger partial charge on any atom is 0.197 e. The summed E-state index contributed by atoms with van der Waals surface area (Å²) < 4.78 is 28.6. The first-order chi connectivity index (χ1) is 13.1. The maximum absolute atomic E-state index is 15.2. The first-order valence-corrected chi connectivity index (χ1v) is 9.31. The summed E-state index contributed by atoms with van der Waals surface area (Å²) in [6.07, 6.45) is 2.13. The van der Waals surface area contributed by atoms with Gasteiger partial charge < -0.3 is 29.2 Å². The van der Waals surface area contributed by atoms with Crippen molar-refractivity contribution in [3.8, 4) is 5.75 Å². The quantitative estimate of drug-likeness (QED) is 0.772. The number of halogens is 1. The van der Waals surface area contributed by atoms with Gasteiger partial charge in [0.05, 0.1) is 42.3 Å². The summed E-state index contributed by atoms with van der Waals surface area (Å²) in [7, 11) is 0. The lowest BCUT2D eigenvalue weighted by Crippen LogP contribution is -2.45. The summed E-state index contributed by atoms with van der Waals surface area (Å²) in [6.45, 7) is 1.99. The monoisotopic (exact) mass is 376 g/mol. The number of rotatable bonds is 2. The van der Waals surface area contributed by atoms with E-state index in [2.05, 4.69) is 0 Å². The van der Waals surface area contributed by atoms with E-state index in [1.807, 2.05) is 9.47 Å². The molecule has 3 heterocycles. The third-order valence-electron chi connectivity index (χ3n) is 5.66. The van der Waals surface area contributed by atoms with E-state index in [-0.39, 0.29) is 23.0 Å². The van der Waals surface area contributed by atoms with E-state index in [4.69, 9.17) is 9.47 Å². The Morgan fingerprint density at radius 1 is 1.19 bits per heavy atom. The lowest BCUT2D eigenvalue weighted by molar-refractivity contribution is -0.0435. The average molecular weight is 376 g/mol. The van der Waals surface area contributed by atoms with Crippen LogP contribution in [0, 0.1) is 5.82 Å². The summed E-state index contributed by atoms with van der Waals surface area (Å²) in [4.78, 5) is 14.8. The second-order valence-electron chi connectivity index (χ2n) is 7.42. The van der Waals surface area contributed by atoms with Gasteiger partial charge in [-0.1, -0.05) is 0 Å². The van der Waals surface area contributed by atoms with Gasteiger partial charge in [-0.2, -0.15) is 0 Å². The zero-order valence-electron chi connectivity index (χ0n) is 14.7. The summed E-state index contributed by atoms with van der Waals surface area (Å²) in [5, 5.41) is 19.3. The van der Waals surface area contributed by atoms with Gasteiger partial charge in [0.1, 0.15) is 5.69 Å². The van der Waals surface area contributed by atoms with E-state index in [0.717, 1.165) is 12.8 Å². The molecule has 1 aromatic carbocycles. The van der Waals surface area contributed by atoms with E-state index in [9.17, 15) is 15.0 Å². The largest absolute Gasteiger partial charge is 0.489 e. The summed E-state index contributed by atoms with van der Waals surface area (Å²) >= 11 is 0. The highest BCUT2D eigenvalue weighted by Gasteiger charge is 2.35. The number of hydrogen-bond acceptors (Lipinski definition) is 6. The molecule has 1 saturated carbocycles. The topological polar surface area (TPSA) is 84.2 Å². The number of ether oxygens (including phenoxy) is 2. The zero-order valence-corrected chi connectivity index (χ0v) is 14.7. The van der Waals surface area contributed by atoms with Crippen LogP contribution >= 0.6 is 0 Å². The van der Waals surface area contributed by atoms with Crippen LogP contribution in [0.3, 0.4) is 0 Å². The Kier molecular flexibility index (Phi) is 3.89. The van der Waals surface area contributed by atoms with Gasteiger partial charge >= 0.3 is 0 Å². The molecule has 1 aromatic heterocycles. The molecule has 1 saturated heterocycles. The van der Waals surface area contributed by atoms with Crippen molar-refractivity contribution in [1.82, 2.24) is 4.57 Å². The molecule has 3 aliphatic rings. The molecule has 2 aliphatic heterocycles. The maximum atomic E-state index is 15.2. The van der Waals surface area contributed by atoms with Crippen LogP contribution in [0.1, 0.15) is 37.2 Å². The zero-order chi connectivity index (χ0) is 18.7. The smallest absolute Gasteiger partial charge is 0.197 e. The number of aromatic nitrogens is 1. The van der Waals surface area contributed by atoms with E-state index in [1.165, 1.54) is 12.3 Å². The molecule has 0 spiro atoms. The fourth-order valence-corrected chi connectivity index (χ4v) is 4.18. The minimum atomic E-state index is -1.90. The standard InChI is InChI=1S/C19H21FN2O5/c20-14-7-12-15(22(10-1-2-10)8-13(17(12)23)19(24)25)18-16(14)21-4-6-26-9-11(21)3-5-27-18/h7-8,10-11,19,24-25H,1-6,9H2. The third-order valence-corrected chi connectivity index (χ3v) is 5.66. The molecule has 0 radical (unpaired) electrons. The Hall–Kier alpha value is -2.16. The highest BCUT2D eigenvalue weighted by atomic mass is 19.1. The van der Waals surface area contributed by atoms with E-state index in [1.54, 1.807) is 0 Å². The van der Waals surface area contributed by atoms with Crippen molar-refractivity contribution in [3.63, 3.8) is 0 Å². The van der Waals surface area contributed by atoms with Crippen molar-refractivity contribution in [1.29, 1.82) is 0 Å². The van der Waals surface area contributed by atoms with Crippen LogP contribution in [0.5, 0.6) is 5.75 Å². The number of fused-ring (bicyclic) bond motifs is 5. The van der Waals surface area contributed by atoms with Crippen molar-refractivity contribution in [2.45, 2.75) is 37.6 Å². The fourth-order valence-electron chi connectivity index (χ4n) is 4.18. The SMILES string of the molecule is O=c1c(C(O)O)cn(C2CC2)c2c3c(c(F)cc12)N1CCOCC1CCO3. The Morgan fingerprint density at radius 2 is 2.00 bits per heavy atom. The third kappa shape index (κ3) is 2.62. The molecule has 2 fully saturated rings. The second-order valence-corrected chi connectivity index (χ2v) is 7.42. The molecule has 2 N–H and O–H groups in total. The first kappa shape index (κ1) is 17.0. The number of aliphatic hydroxyl groups excluding tert-OH is 1. The van der Waals surface area contributed by atoms with Gasteiger partial charge in [-0.05, 0) is 18.9 Å². The molecule has 1 atom stereocenters. The number of anilines is 1. The molecule has 0 amide bonds. The highest BCUT2D eigenvalue weighted by molar-refractivity contribution is 5.92. The summed E-state index contributed by atoms with van der Waals surface area (Å²) in [5.41, 5.74) is 0.187.